The molecule has 0 fully saturated rings. The first-order valence-electron chi connectivity index (χ1n) is 6.84. The minimum Gasteiger partial charge on any atom is -0.443 e. The maximum atomic E-state index is 12.3. The zero-order valence-electron chi connectivity index (χ0n) is 13.3. The molecule has 0 spiro atoms. The minimum absolute atomic E-state index is 0.00896. The number of rotatable bonds is 6. The van der Waals surface area contributed by atoms with Crippen LogP contribution < -0.4 is 4.90 Å². The largest absolute Gasteiger partial charge is 0.443 e. The third-order valence-electron chi connectivity index (χ3n) is 2.36. The Morgan fingerprint density at radius 3 is 2.50 bits per heavy atom. The first-order valence-corrected chi connectivity index (χ1v) is 8.66. The van der Waals surface area contributed by atoms with Gasteiger partial charge in [0.15, 0.2) is 0 Å². The maximum absolute atomic E-state index is 12.3. The van der Waals surface area contributed by atoms with Gasteiger partial charge in [-0.3, -0.25) is 9.08 Å². The van der Waals surface area contributed by atoms with Gasteiger partial charge in [0.1, 0.15) is 11.4 Å². The lowest BCUT2D eigenvalue weighted by Gasteiger charge is -2.26. The van der Waals surface area contributed by atoms with E-state index in [1.54, 1.807) is 45.2 Å². The number of nitrogens with zero attached hydrogens (tertiary/aromatic N) is 2. The number of aromatic nitrogens is 1. The Kier molecular flexibility index (Phi) is 6.31. The van der Waals surface area contributed by atoms with Crippen LogP contribution in [-0.2, 0) is 19.0 Å². The van der Waals surface area contributed by atoms with Gasteiger partial charge in [-0.05, 0) is 39.3 Å². The second-order valence-electron chi connectivity index (χ2n) is 5.70. The second kappa shape index (κ2) is 7.55. The van der Waals surface area contributed by atoms with Gasteiger partial charge in [-0.15, -0.1) is 0 Å². The van der Waals surface area contributed by atoms with Crippen molar-refractivity contribution in [1.29, 1.82) is 0 Å². The highest BCUT2D eigenvalue weighted by molar-refractivity contribution is 7.85. The third kappa shape index (κ3) is 7.37. The van der Waals surface area contributed by atoms with E-state index in [0.29, 0.717) is 12.2 Å². The summed E-state index contributed by atoms with van der Waals surface area (Å²) in [6, 6.07) is 5.18. The van der Waals surface area contributed by atoms with Crippen molar-refractivity contribution in [3.63, 3.8) is 0 Å². The molecule has 0 aromatic carbocycles. The summed E-state index contributed by atoms with van der Waals surface area (Å²) < 4.78 is 31.9. The molecule has 22 heavy (non-hydrogen) atoms. The van der Waals surface area contributed by atoms with E-state index in [0.717, 1.165) is 6.26 Å². The first-order chi connectivity index (χ1) is 10.1. The first kappa shape index (κ1) is 18.4. The van der Waals surface area contributed by atoms with Crippen molar-refractivity contribution in [3.05, 3.63) is 24.4 Å². The Bertz CT molecular complexity index is 581. The van der Waals surface area contributed by atoms with Gasteiger partial charge in [-0.2, -0.15) is 8.42 Å². The molecular formula is C14H22N2O5S. The Morgan fingerprint density at radius 2 is 2.00 bits per heavy atom. The molecule has 7 nitrogen and oxygen atoms in total. The summed E-state index contributed by atoms with van der Waals surface area (Å²) in [7, 11) is -3.49. The Morgan fingerprint density at radius 1 is 1.32 bits per heavy atom. The summed E-state index contributed by atoms with van der Waals surface area (Å²) in [6.07, 6.45) is 2.35. The van der Waals surface area contributed by atoms with Gasteiger partial charge in [-0.1, -0.05) is 6.07 Å². The predicted molar refractivity (Wildman–Crippen MR) is 83.2 cm³/mol. The average Bonchev–Trinajstić information content (AvgIpc) is 2.36. The lowest BCUT2D eigenvalue weighted by molar-refractivity contribution is 0.0578. The van der Waals surface area contributed by atoms with Crippen LogP contribution in [0.1, 0.15) is 27.2 Å². The maximum Gasteiger partial charge on any atom is 0.416 e. The molecule has 0 radical (unpaired) electrons. The number of anilines is 1. The van der Waals surface area contributed by atoms with Crippen LogP contribution in [0.25, 0.3) is 0 Å². The van der Waals surface area contributed by atoms with Crippen LogP contribution in [0.4, 0.5) is 10.6 Å². The Balaban J connectivity index is 2.73. The number of hydrogen-bond acceptors (Lipinski definition) is 6. The molecule has 1 amide bonds. The van der Waals surface area contributed by atoms with Crippen molar-refractivity contribution in [3.8, 4) is 0 Å². The summed E-state index contributed by atoms with van der Waals surface area (Å²) in [5.74, 6) is 0.441. The fourth-order valence-corrected chi connectivity index (χ4v) is 1.98. The zero-order valence-corrected chi connectivity index (χ0v) is 14.1. The van der Waals surface area contributed by atoms with E-state index in [4.69, 9.17) is 4.74 Å². The molecule has 0 unspecified atom stereocenters. The van der Waals surface area contributed by atoms with Gasteiger partial charge in [0.2, 0.25) is 0 Å². The van der Waals surface area contributed by atoms with Crippen LogP contribution in [0.5, 0.6) is 0 Å². The highest BCUT2D eigenvalue weighted by atomic mass is 32.2. The monoisotopic (exact) mass is 330 g/mol. The van der Waals surface area contributed by atoms with E-state index in [9.17, 15) is 13.2 Å². The van der Waals surface area contributed by atoms with E-state index in [2.05, 4.69) is 9.17 Å². The molecule has 0 aliphatic rings. The Labute approximate surface area is 131 Å². The molecule has 0 atom stereocenters. The topological polar surface area (TPSA) is 85.8 Å². The normalized spacial score (nSPS) is 12.0. The van der Waals surface area contributed by atoms with Gasteiger partial charge in [0.05, 0.1) is 12.9 Å². The van der Waals surface area contributed by atoms with Crippen LogP contribution in [-0.4, -0.2) is 44.5 Å². The molecule has 8 heteroatoms. The standard InChI is InChI=1S/C14H22N2O5S/c1-14(2,3)21-13(17)16(12-8-5-6-9-15-12)10-7-11-20-22(4,18)19/h5-6,8-9H,7,10-11H2,1-4H3. The van der Waals surface area contributed by atoms with Gasteiger partial charge in [0, 0.05) is 12.7 Å². The minimum atomic E-state index is -3.49. The molecule has 1 aromatic heterocycles. The van der Waals surface area contributed by atoms with E-state index in [1.165, 1.54) is 4.90 Å². The van der Waals surface area contributed by atoms with Gasteiger partial charge in [0.25, 0.3) is 10.1 Å². The van der Waals surface area contributed by atoms with Crippen LogP contribution in [0.15, 0.2) is 24.4 Å². The molecule has 1 aromatic rings. The molecule has 0 saturated carbocycles. The highest BCUT2D eigenvalue weighted by Crippen LogP contribution is 2.16. The van der Waals surface area contributed by atoms with Crippen molar-refractivity contribution >= 4 is 22.0 Å². The highest BCUT2D eigenvalue weighted by Gasteiger charge is 2.23. The zero-order chi connectivity index (χ0) is 16.8. The van der Waals surface area contributed by atoms with Crippen LogP contribution >= 0.6 is 0 Å². The van der Waals surface area contributed by atoms with Crippen molar-refractivity contribution in [2.45, 2.75) is 32.8 Å². The van der Waals surface area contributed by atoms with Crippen LogP contribution in [0.2, 0.25) is 0 Å². The SMILES string of the molecule is CC(C)(C)OC(=O)N(CCCOS(C)(=O)=O)c1ccccn1. The summed E-state index contributed by atoms with van der Waals surface area (Å²) in [5.41, 5.74) is -0.632. The number of pyridine rings is 1. The third-order valence-corrected chi connectivity index (χ3v) is 2.96. The number of amides is 1. The molecule has 0 aliphatic carbocycles. The lowest BCUT2D eigenvalue weighted by Crippen LogP contribution is -2.38. The van der Waals surface area contributed by atoms with Gasteiger partial charge < -0.3 is 4.74 Å². The van der Waals surface area contributed by atoms with Crippen molar-refractivity contribution in [2.75, 3.05) is 24.3 Å². The molecule has 0 N–H and O–H groups in total. The van der Waals surface area contributed by atoms with Gasteiger partial charge >= 0.3 is 6.09 Å². The van der Waals surface area contributed by atoms with E-state index < -0.39 is 21.8 Å². The molecule has 0 saturated heterocycles. The molecule has 0 aliphatic heterocycles. The van der Waals surface area contributed by atoms with Crippen LogP contribution in [0.3, 0.4) is 0 Å². The summed E-state index contributed by atoms with van der Waals surface area (Å²) in [6.45, 7) is 5.54. The van der Waals surface area contributed by atoms with E-state index in [-0.39, 0.29) is 13.2 Å². The van der Waals surface area contributed by atoms with Crippen LogP contribution in [0, 0.1) is 0 Å². The van der Waals surface area contributed by atoms with Crippen molar-refractivity contribution in [1.82, 2.24) is 4.98 Å². The predicted octanol–water partition coefficient (Wildman–Crippen LogP) is 2.19. The van der Waals surface area contributed by atoms with E-state index >= 15 is 0 Å². The molecule has 1 heterocycles. The van der Waals surface area contributed by atoms with Crippen molar-refractivity contribution in [2.24, 2.45) is 0 Å². The quantitative estimate of drug-likeness (QED) is 0.587. The lowest BCUT2D eigenvalue weighted by atomic mass is 10.2. The number of hydrogen-bond donors (Lipinski definition) is 0. The number of ether oxygens (including phenoxy) is 1. The fraction of sp³-hybridized carbons (Fsp3) is 0.571. The van der Waals surface area contributed by atoms with E-state index in [1.807, 2.05) is 0 Å². The molecule has 0 bridgehead atoms. The number of carbonyl (C=O) groups is 1. The second-order valence-corrected chi connectivity index (χ2v) is 7.34. The molecule has 1 rings (SSSR count). The summed E-state index contributed by atoms with van der Waals surface area (Å²) >= 11 is 0. The molecule has 124 valence electrons. The smallest absolute Gasteiger partial charge is 0.416 e. The van der Waals surface area contributed by atoms with Crippen molar-refractivity contribution < 1.29 is 22.1 Å². The average molecular weight is 330 g/mol. The number of carbonyl (C=O) groups excluding carboxylic acids is 1. The van der Waals surface area contributed by atoms with Gasteiger partial charge in [-0.25, -0.2) is 9.78 Å². The Hall–Kier alpha value is -1.67. The summed E-state index contributed by atoms with van der Waals surface area (Å²) in [4.78, 5) is 17.7. The fourth-order valence-electron chi connectivity index (χ4n) is 1.56. The summed E-state index contributed by atoms with van der Waals surface area (Å²) in [5, 5.41) is 0. The molecular weight excluding hydrogens is 308 g/mol.